The summed E-state index contributed by atoms with van der Waals surface area (Å²) in [5, 5.41) is 8.65. The van der Waals surface area contributed by atoms with Crippen molar-refractivity contribution in [3.8, 4) is 0 Å². The van der Waals surface area contributed by atoms with Crippen molar-refractivity contribution >= 4 is 16.7 Å². The molecule has 2 aromatic carbocycles. The molecule has 1 amide bonds. The highest BCUT2D eigenvalue weighted by atomic mass is 16.1. The SMILES string of the molecule is CC(NC(=O)CNC(C)(C)C)c1cccc2ccccc12. The van der Waals surface area contributed by atoms with Gasteiger partial charge >= 0.3 is 0 Å². The Morgan fingerprint density at radius 1 is 1.10 bits per heavy atom. The van der Waals surface area contributed by atoms with E-state index in [-0.39, 0.29) is 17.5 Å². The minimum Gasteiger partial charge on any atom is -0.348 e. The number of hydrogen-bond acceptors (Lipinski definition) is 2. The molecule has 2 N–H and O–H groups in total. The summed E-state index contributed by atoms with van der Waals surface area (Å²) in [6, 6.07) is 14.4. The third-order valence-corrected chi connectivity index (χ3v) is 3.45. The first-order valence-electron chi connectivity index (χ1n) is 7.39. The Morgan fingerprint density at radius 2 is 1.76 bits per heavy atom. The Kier molecular flexibility index (Phi) is 4.63. The van der Waals surface area contributed by atoms with E-state index < -0.39 is 0 Å². The van der Waals surface area contributed by atoms with Gasteiger partial charge in [-0.15, -0.1) is 0 Å². The molecule has 2 aromatic rings. The summed E-state index contributed by atoms with van der Waals surface area (Å²) in [7, 11) is 0. The molecule has 0 fully saturated rings. The zero-order valence-corrected chi connectivity index (χ0v) is 13.2. The second-order valence-corrected chi connectivity index (χ2v) is 6.46. The van der Waals surface area contributed by atoms with Gasteiger partial charge in [0.15, 0.2) is 0 Å². The third-order valence-electron chi connectivity index (χ3n) is 3.45. The first-order valence-corrected chi connectivity index (χ1v) is 7.39. The molecule has 112 valence electrons. The molecule has 0 saturated carbocycles. The first-order chi connectivity index (χ1) is 9.87. The Morgan fingerprint density at radius 3 is 2.48 bits per heavy atom. The van der Waals surface area contributed by atoms with Crippen LogP contribution in [0.4, 0.5) is 0 Å². The molecule has 21 heavy (non-hydrogen) atoms. The van der Waals surface area contributed by atoms with Gasteiger partial charge in [-0.25, -0.2) is 0 Å². The van der Waals surface area contributed by atoms with Crippen LogP contribution < -0.4 is 10.6 Å². The van der Waals surface area contributed by atoms with Crippen LogP contribution in [0, 0.1) is 0 Å². The van der Waals surface area contributed by atoms with Crippen molar-refractivity contribution in [3.05, 3.63) is 48.0 Å². The molecule has 1 atom stereocenters. The van der Waals surface area contributed by atoms with Crippen molar-refractivity contribution in [3.63, 3.8) is 0 Å². The van der Waals surface area contributed by atoms with Crippen LogP contribution in [0.3, 0.4) is 0 Å². The number of benzene rings is 2. The van der Waals surface area contributed by atoms with Gasteiger partial charge in [0, 0.05) is 5.54 Å². The molecule has 0 heterocycles. The molecule has 0 aliphatic rings. The van der Waals surface area contributed by atoms with Crippen molar-refractivity contribution < 1.29 is 4.79 Å². The minimum atomic E-state index is -0.0555. The summed E-state index contributed by atoms with van der Waals surface area (Å²) in [6.45, 7) is 8.51. The van der Waals surface area contributed by atoms with Gasteiger partial charge in [-0.05, 0) is 44.0 Å². The van der Waals surface area contributed by atoms with Gasteiger partial charge in [0.1, 0.15) is 0 Å². The van der Waals surface area contributed by atoms with Crippen molar-refractivity contribution in [2.45, 2.75) is 39.3 Å². The van der Waals surface area contributed by atoms with E-state index in [0.29, 0.717) is 6.54 Å². The van der Waals surface area contributed by atoms with Crippen LogP contribution in [0.1, 0.15) is 39.3 Å². The predicted molar refractivity (Wildman–Crippen MR) is 88.3 cm³/mol. The van der Waals surface area contributed by atoms with Gasteiger partial charge < -0.3 is 10.6 Å². The molecule has 0 bridgehead atoms. The van der Waals surface area contributed by atoms with Crippen molar-refractivity contribution in [1.82, 2.24) is 10.6 Å². The van der Waals surface area contributed by atoms with E-state index in [1.54, 1.807) is 0 Å². The average molecular weight is 284 g/mol. The molecular weight excluding hydrogens is 260 g/mol. The lowest BCUT2D eigenvalue weighted by Gasteiger charge is -2.22. The second-order valence-electron chi connectivity index (χ2n) is 6.46. The average Bonchev–Trinajstić information content (AvgIpc) is 2.43. The number of carbonyl (C=O) groups is 1. The molecule has 0 aromatic heterocycles. The maximum absolute atomic E-state index is 12.0. The quantitative estimate of drug-likeness (QED) is 0.903. The topological polar surface area (TPSA) is 41.1 Å². The highest BCUT2D eigenvalue weighted by molar-refractivity contribution is 5.87. The Hall–Kier alpha value is -1.87. The summed E-state index contributed by atoms with van der Waals surface area (Å²) >= 11 is 0. The van der Waals surface area contributed by atoms with Crippen LogP contribution in [0.2, 0.25) is 0 Å². The Balaban J connectivity index is 2.09. The maximum Gasteiger partial charge on any atom is 0.234 e. The zero-order valence-electron chi connectivity index (χ0n) is 13.2. The first kappa shape index (κ1) is 15.5. The lowest BCUT2D eigenvalue weighted by atomic mass is 10.00. The highest BCUT2D eigenvalue weighted by Crippen LogP contribution is 2.23. The molecule has 3 nitrogen and oxygen atoms in total. The fraction of sp³-hybridized carbons (Fsp3) is 0.389. The van der Waals surface area contributed by atoms with Gasteiger partial charge in [0.2, 0.25) is 5.91 Å². The molecule has 0 saturated heterocycles. The number of rotatable bonds is 4. The minimum absolute atomic E-state index is 0.00892. The number of carbonyl (C=O) groups excluding carboxylic acids is 1. The number of hydrogen-bond donors (Lipinski definition) is 2. The number of amides is 1. The largest absolute Gasteiger partial charge is 0.348 e. The van der Waals surface area contributed by atoms with Crippen molar-refractivity contribution in [2.75, 3.05) is 6.54 Å². The summed E-state index contributed by atoms with van der Waals surface area (Å²) in [4.78, 5) is 12.0. The van der Waals surface area contributed by atoms with Gasteiger partial charge in [0.25, 0.3) is 0 Å². The number of fused-ring (bicyclic) bond motifs is 1. The molecule has 0 spiro atoms. The zero-order chi connectivity index (χ0) is 15.5. The van der Waals surface area contributed by atoms with E-state index in [0.717, 1.165) is 5.56 Å². The third kappa shape index (κ3) is 4.30. The van der Waals surface area contributed by atoms with E-state index in [4.69, 9.17) is 0 Å². The molecule has 3 heteroatoms. The monoisotopic (exact) mass is 284 g/mol. The lowest BCUT2D eigenvalue weighted by molar-refractivity contribution is -0.121. The van der Waals surface area contributed by atoms with Crippen molar-refractivity contribution in [1.29, 1.82) is 0 Å². The van der Waals surface area contributed by atoms with Gasteiger partial charge in [-0.3, -0.25) is 4.79 Å². The van der Waals surface area contributed by atoms with Crippen LogP contribution in [-0.4, -0.2) is 18.0 Å². The van der Waals surface area contributed by atoms with E-state index >= 15 is 0 Å². The fourth-order valence-electron chi connectivity index (χ4n) is 2.34. The Bertz CT molecular complexity index is 623. The van der Waals surface area contributed by atoms with E-state index in [2.05, 4.69) is 55.7 Å². The molecule has 0 aliphatic heterocycles. The van der Waals surface area contributed by atoms with Crippen LogP contribution in [0.5, 0.6) is 0 Å². The molecule has 1 unspecified atom stereocenters. The number of nitrogens with one attached hydrogen (secondary N) is 2. The maximum atomic E-state index is 12.0. The predicted octanol–water partition coefficient (Wildman–Crippen LogP) is 3.41. The molecular formula is C18H24N2O. The normalized spacial score (nSPS) is 13.1. The van der Waals surface area contributed by atoms with Crippen molar-refractivity contribution in [2.24, 2.45) is 0 Å². The fourth-order valence-corrected chi connectivity index (χ4v) is 2.34. The summed E-state index contributed by atoms with van der Waals surface area (Å²) in [5.74, 6) is 0.0189. The van der Waals surface area contributed by atoms with E-state index in [1.165, 1.54) is 10.8 Å². The molecule has 2 rings (SSSR count). The van der Waals surface area contributed by atoms with Crippen LogP contribution >= 0.6 is 0 Å². The van der Waals surface area contributed by atoms with E-state index in [9.17, 15) is 4.79 Å². The van der Waals surface area contributed by atoms with Crippen LogP contribution in [-0.2, 0) is 4.79 Å². The summed E-state index contributed by atoms with van der Waals surface area (Å²) < 4.78 is 0. The summed E-state index contributed by atoms with van der Waals surface area (Å²) in [5.41, 5.74) is 1.09. The molecule has 0 radical (unpaired) electrons. The standard InChI is InChI=1S/C18H24N2O/c1-13(20-17(21)12-19-18(2,3)4)15-11-7-9-14-8-5-6-10-16(14)15/h5-11,13,19H,12H2,1-4H3,(H,20,21). The van der Waals surface area contributed by atoms with Gasteiger partial charge in [-0.2, -0.15) is 0 Å². The summed E-state index contributed by atoms with van der Waals surface area (Å²) in [6.07, 6.45) is 0. The van der Waals surface area contributed by atoms with E-state index in [1.807, 2.05) is 25.1 Å². The van der Waals surface area contributed by atoms with Gasteiger partial charge in [0.05, 0.1) is 12.6 Å². The van der Waals surface area contributed by atoms with Crippen LogP contribution in [0.25, 0.3) is 10.8 Å². The smallest absolute Gasteiger partial charge is 0.234 e. The second kappa shape index (κ2) is 6.27. The lowest BCUT2D eigenvalue weighted by Crippen LogP contribution is -2.43. The molecule has 0 aliphatic carbocycles. The highest BCUT2D eigenvalue weighted by Gasteiger charge is 2.14. The van der Waals surface area contributed by atoms with Crippen LogP contribution in [0.15, 0.2) is 42.5 Å². The van der Waals surface area contributed by atoms with Gasteiger partial charge in [-0.1, -0.05) is 42.5 Å². The Labute approximate surface area is 126 Å².